The third-order valence-corrected chi connectivity index (χ3v) is 5.61. The minimum absolute atomic E-state index is 0.0446. The van der Waals surface area contributed by atoms with E-state index in [0.29, 0.717) is 22.2 Å². The molecule has 0 aliphatic rings. The van der Waals surface area contributed by atoms with E-state index in [0.717, 1.165) is 5.56 Å². The first kappa shape index (κ1) is 17.9. The quantitative estimate of drug-likeness (QED) is 0.568. The van der Waals surface area contributed by atoms with Crippen LogP contribution < -0.4 is 10.3 Å². The van der Waals surface area contributed by atoms with Gasteiger partial charge in [0, 0.05) is 11.3 Å². The fraction of sp³-hybridized carbons (Fsp3) is 0.0476. The molecule has 0 aliphatic heterocycles. The number of benzene rings is 3. The van der Waals surface area contributed by atoms with Crippen molar-refractivity contribution < 1.29 is 12.8 Å². The second-order valence-electron chi connectivity index (χ2n) is 6.32. The fourth-order valence-electron chi connectivity index (χ4n) is 2.77. The Balaban J connectivity index is 1.73. The Bertz CT molecular complexity index is 1330. The van der Waals surface area contributed by atoms with Crippen molar-refractivity contribution in [3.8, 4) is 11.5 Å². The smallest absolute Gasteiger partial charge is 0.347 e. The fourth-order valence-corrected chi connectivity index (χ4v) is 3.88. The summed E-state index contributed by atoms with van der Waals surface area (Å²) in [6.45, 7) is 1.92. The predicted molar refractivity (Wildman–Crippen MR) is 108 cm³/mol. The molecule has 0 atom stereocenters. The molecule has 0 fully saturated rings. The van der Waals surface area contributed by atoms with Crippen LogP contribution in [-0.4, -0.2) is 13.4 Å². The van der Waals surface area contributed by atoms with Gasteiger partial charge in [-0.15, -0.1) is 0 Å². The SMILES string of the molecule is Cc1ccc(NS(=O)(=O)c2cccc(-c3nc4ccccc4c(=O)o3)c2)cc1. The van der Waals surface area contributed by atoms with Crippen molar-refractivity contribution in [3.63, 3.8) is 0 Å². The van der Waals surface area contributed by atoms with Gasteiger partial charge in [-0.3, -0.25) is 4.72 Å². The van der Waals surface area contributed by atoms with Crippen molar-refractivity contribution in [1.29, 1.82) is 0 Å². The zero-order valence-corrected chi connectivity index (χ0v) is 15.7. The number of hydrogen-bond donors (Lipinski definition) is 1. The van der Waals surface area contributed by atoms with Crippen LogP contribution in [0.5, 0.6) is 0 Å². The summed E-state index contributed by atoms with van der Waals surface area (Å²) in [5.41, 5.74) is 1.86. The standard InChI is InChI=1S/C21H16N2O4S/c1-14-9-11-16(12-10-14)23-28(25,26)17-6-4-5-15(13-17)20-22-19-8-3-2-7-18(19)21(24)27-20/h2-13,23H,1H3. The number of aromatic nitrogens is 1. The number of rotatable bonds is 4. The Hall–Kier alpha value is -3.45. The Morgan fingerprint density at radius 1 is 0.929 bits per heavy atom. The highest BCUT2D eigenvalue weighted by Crippen LogP contribution is 2.23. The van der Waals surface area contributed by atoms with E-state index >= 15 is 0 Å². The first-order valence-electron chi connectivity index (χ1n) is 8.52. The molecule has 0 aliphatic carbocycles. The van der Waals surface area contributed by atoms with E-state index in [2.05, 4.69) is 9.71 Å². The molecule has 1 aromatic heterocycles. The Labute approximate surface area is 161 Å². The highest BCUT2D eigenvalue weighted by atomic mass is 32.2. The Kier molecular flexibility index (Phi) is 4.44. The summed E-state index contributed by atoms with van der Waals surface area (Å²) in [6.07, 6.45) is 0. The van der Waals surface area contributed by atoms with Crippen LogP contribution in [0.3, 0.4) is 0 Å². The first-order valence-corrected chi connectivity index (χ1v) is 10.0. The number of anilines is 1. The Morgan fingerprint density at radius 2 is 1.68 bits per heavy atom. The molecule has 1 N–H and O–H groups in total. The molecule has 0 radical (unpaired) electrons. The lowest BCUT2D eigenvalue weighted by molar-refractivity contribution is 0.518. The van der Waals surface area contributed by atoms with Gasteiger partial charge >= 0.3 is 5.63 Å². The van der Waals surface area contributed by atoms with E-state index < -0.39 is 15.6 Å². The summed E-state index contributed by atoms with van der Waals surface area (Å²) in [7, 11) is -3.81. The van der Waals surface area contributed by atoms with Gasteiger partial charge < -0.3 is 4.42 Å². The van der Waals surface area contributed by atoms with Crippen LogP contribution >= 0.6 is 0 Å². The van der Waals surface area contributed by atoms with Crippen molar-refractivity contribution in [1.82, 2.24) is 4.98 Å². The van der Waals surface area contributed by atoms with Crippen LogP contribution in [0.2, 0.25) is 0 Å². The number of nitrogens with one attached hydrogen (secondary N) is 1. The number of fused-ring (bicyclic) bond motifs is 1. The molecule has 1 heterocycles. The van der Waals surface area contributed by atoms with Gasteiger partial charge in [-0.05, 0) is 49.4 Å². The van der Waals surface area contributed by atoms with Crippen LogP contribution in [0.4, 0.5) is 5.69 Å². The molecule has 7 heteroatoms. The van der Waals surface area contributed by atoms with Crippen molar-refractivity contribution in [3.05, 3.63) is 88.8 Å². The maximum Gasteiger partial charge on any atom is 0.347 e. The average Bonchev–Trinajstić information content (AvgIpc) is 2.70. The van der Waals surface area contributed by atoms with E-state index in [9.17, 15) is 13.2 Å². The minimum atomic E-state index is -3.81. The van der Waals surface area contributed by atoms with Crippen LogP contribution in [-0.2, 0) is 10.0 Å². The molecule has 4 rings (SSSR count). The third-order valence-electron chi connectivity index (χ3n) is 4.23. The molecular weight excluding hydrogens is 376 g/mol. The van der Waals surface area contributed by atoms with Gasteiger partial charge in [0.25, 0.3) is 10.0 Å². The van der Waals surface area contributed by atoms with Crippen molar-refractivity contribution in [2.24, 2.45) is 0 Å². The number of aryl methyl sites for hydroxylation is 1. The molecule has 0 spiro atoms. The molecule has 6 nitrogen and oxygen atoms in total. The van der Waals surface area contributed by atoms with Gasteiger partial charge in [0.05, 0.1) is 15.8 Å². The molecular formula is C21H16N2O4S. The monoisotopic (exact) mass is 392 g/mol. The molecule has 0 amide bonds. The maximum atomic E-state index is 12.7. The first-order chi connectivity index (χ1) is 13.4. The number of sulfonamides is 1. The van der Waals surface area contributed by atoms with Crippen molar-refractivity contribution >= 4 is 26.6 Å². The largest absolute Gasteiger partial charge is 0.403 e. The molecule has 3 aromatic carbocycles. The molecule has 0 unspecified atom stereocenters. The molecule has 4 aromatic rings. The number of nitrogens with zero attached hydrogens (tertiary/aromatic N) is 1. The zero-order chi connectivity index (χ0) is 19.7. The van der Waals surface area contributed by atoms with Crippen LogP contribution in [0.15, 0.2) is 86.9 Å². The van der Waals surface area contributed by atoms with E-state index in [-0.39, 0.29) is 10.8 Å². The van der Waals surface area contributed by atoms with Gasteiger partial charge in [0.2, 0.25) is 5.89 Å². The second-order valence-corrected chi connectivity index (χ2v) is 8.01. The van der Waals surface area contributed by atoms with E-state index in [1.165, 1.54) is 12.1 Å². The zero-order valence-electron chi connectivity index (χ0n) is 14.9. The summed E-state index contributed by atoms with van der Waals surface area (Å²) in [5.74, 6) is 0.0658. The van der Waals surface area contributed by atoms with E-state index in [1.54, 1.807) is 48.5 Å². The lowest BCUT2D eigenvalue weighted by Gasteiger charge is -2.09. The highest BCUT2D eigenvalue weighted by molar-refractivity contribution is 7.92. The van der Waals surface area contributed by atoms with Crippen LogP contribution in [0.25, 0.3) is 22.4 Å². The summed E-state index contributed by atoms with van der Waals surface area (Å²) < 4.78 is 33.3. The predicted octanol–water partition coefficient (Wildman–Crippen LogP) is 3.96. The number of para-hydroxylation sites is 1. The minimum Gasteiger partial charge on any atom is -0.403 e. The third kappa shape index (κ3) is 3.52. The summed E-state index contributed by atoms with van der Waals surface area (Å²) in [5, 5.41) is 0.371. The maximum absolute atomic E-state index is 12.7. The Morgan fingerprint density at radius 3 is 2.46 bits per heavy atom. The second kappa shape index (κ2) is 6.94. The molecule has 28 heavy (non-hydrogen) atoms. The van der Waals surface area contributed by atoms with Gasteiger partial charge in [0.1, 0.15) is 0 Å². The number of hydrogen-bond acceptors (Lipinski definition) is 5. The van der Waals surface area contributed by atoms with Crippen molar-refractivity contribution in [2.45, 2.75) is 11.8 Å². The van der Waals surface area contributed by atoms with Crippen LogP contribution in [0, 0.1) is 6.92 Å². The lowest BCUT2D eigenvalue weighted by atomic mass is 10.2. The van der Waals surface area contributed by atoms with Gasteiger partial charge in [0.15, 0.2) is 0 Å². The summed E-state index contributed by atoms with van der Waals surface area (Å²) in [4.78, 5) is 16.6. The summed E-state index contributed by atoms with van der Waals surface area (Å²) >= 11 is 0. The van der Waals surface area contributed by atoms with Gasteiger partial charge in [-0.1, -0.05) is 35.9 Å². The van der Waals surface area contributed by atoms with Gasteiger partial charge in [-0.2, -0.15) is 0 Å². The average molecular weight is 392 g/mol. The van der Waals surface area contributed by atoms with Crippen LogP contribution in [0.1, 0.15) is 5.56 Å². The topological polar surface area (TPSA) is 89.3 Å². The molecule has 0 saturated heterocycles. The van der Waals surface area contributed by atoms with E-state index in [4.69, 9.17) is 4.42 Å². The highest BCUT2D eigenvalue weighted by Gasteiger charge is 2.16. The molecule has 0 saturated carbocycles. The van der Waals surface area contributed by atoms with E-state index in [1.807, 2.05) is 19.1 Å². The summed E-state index contributed by atoms with van der Waals surface area (Å²) in [6, 6.07) is 20.0. The van der Waals surface area contributed by atoms with Gasteiger partial charge in [-0.25, -0.2) is 18.2 Å². The normalized spacial score (nSPS) is 11.5. The van der Waals surface area contributed by atoms with Crippen molar-refractivity contribution in [2.75, 3.05) is 4.72 Å². The molecule has 140 valence electrons. The lowest BCUT2D eigenvalue weighted by Crippen LogP contribution is -2.13. The molecule has 0 bridgehead atoms.